The number of amides is 1. The van der Waals surface area contributed by atoms with Crippen LogP contribution in [0.3, 0.4) is 0 Å². The molecule has 1 amide bonds. The first-order chi connectivity index (χ1) is 16.0. The summed E-state index contributed by atoms with van der Waals surface area (Å²) in [7, 11) is 2.98. The van der Waals surface area contributed by atoms with E-state index in [1.165, 1.54) is 20.4 Å². The summed E-state index contributed by atoms with van der Waals surface area (Å²) < 4.78 is 21.3. The molecule has 0 aliphatic rings. The molecule has 0 heterocycles. The van der Waals surface area contributed by atoms with E-state index >= 15 is 0 Å². The van der Waals surface area contributed by atoms with Crippen molar-refractivity contribution in [3.05, 3.63) is 83.4 Å². The highest BCUT2D eigenvalue weighted by Gasteiger charge is 2.13. The lowest BCUT2D eigenvalue weighted by molar-refractivity contribution is -0.123. The van der Waals surface area contributed by atoms with Crippen molar-refractivity contribution in [1.29, 1.82) is 0 Å². The van der Waals surface area contributed by atoms with Crippen LogP contribution in [0.1, 0.15) is 21.5 Å². The monoisotopic (exact) mass is 448 g/mol. The highest BCUT2D eigenvalue weighted by molar-refractivity contribution is 5.92. The zero-order chi connectivity index (χ0) is 23.6. The van der Waals surface area contributed by atoms with Crippen molar-refractivity contribution in [2.45, 2.75) is 6.92 Å². The molecule has 0 spiro atoms. The Balaban J connectivity index is 1.57. The molecule has 0 bridgehead atoms. The van der Waals surface area contributed by atoms with E-state index < -0.39 is 11.9 Å². The molecule has 0 saturated heterocycles. The van der Waals surface area contributed by atoms with Crippen LogP contribution in [0.15, 0.2) is 71.8 Å². The normalized spacial score (nSPS) is 10.5. The van der Waals surface area contributed by atoms with Gasteiger partial charge in [-0.25, -0.2) is 10.2 Å². The van der Waals surface area contributed by atoms with E-state index in [-0.39, 0.29) is 12.4 Å². The van der Waals surface area contributed by atoms with Gasteiger partial charge in [-0.05, 0) is 61.0 Å². The fourth-order valence-electron chi connectivity index (χ4n) is 2.75. The fraction of sp³-hybridized carbons (Fsp3) is 0.160. The molecular formula is C25H24N2O6. The van der Waals surface area contributed by atoms with Crippen LogP contribution < -0.4 is 24.4 Å². The minimum atomic E-state index is -0.547. The zero-order valence-corrected chi connectivity index (χ0v) is 18.5. The second-order valence-corrected chi connectivity index (χ2v) is 6.93. The number of aryl methyl sites for hydroxylation is 1. The maximum atomic E-state index is 12.4. The summed E-state index contributed by atoms with van der Waals surface area (Å²) in [5.41, 5.74) is 4.48. The van der Waals surface area contributed by atoms with Crippen LogP contribution in [0.5, 0.6) is 23.0 Å². The molecule has 0 saturated carbocycles. The van der Waals surface area contributed by atoms with Crippen molar-refractivity contribution >= 4 is 18.1 Å². The lowest BCUT2D eigenvalue weighted by Crippen LogP contribution is -2.24. The van der Waals surface area contributed by atoms with Gasteiger partial charge in [-0.2, -0.15) is 5.10 Å². The molecule has 8 nitrogen and oxygen atoms in total. The van der Waals surface area contributed by atoms with Crippen molar-refractivity contribution in [2.24, 2.45) is 5.10 Å². The Morgan fingerprint density at radius 3 is 2.42 bits per heavy atom. The third-order valence-corrected chi connectivity index (χ3v) is 4.49. The third-order valence-electron chi connectivity index (χ3n) is 4.49. The van der Waals surface area contributed by atoms with Gasteiger partial charge in [-0.1, -0.05) is 23.8 Å². The van der Waals surface area contributed by atoms with E-state index in [9.17, 15) is 9.59 Å². The molecule has 8 heteroatoms. The Labute approximate surface area is 191 Å². The van der Waals surface area contributed by atoms with E-state index in [0.29, 0.717) is 28.4 Å². The van der Waals surface area contributed by atoms with Crippen molar-refractivity contribution in [2.75, 3.05) is 20.8 Å². The topological polar surface area (TPSA) is 95.5 Å². The molecule has 0 aromatic heterocycles. The average molecular weight is 448 g/mol. The van der Waals surface area contributed by atoms with E-state index in [1.54, 1.807) is 54.6 Å². The highest BCUT2D eigenvalue weighted by Crippen LogP contribution is 2.28. The Hall–Kier alpha value is -4.33. The summed E-state index contributed by atoms with van der Waals surface area (Å²) in [6.45, 7) is 1.81. The minimum Gasteiger partial charge on any atom is -0.497 e. The molecule has 0 aliphatic heterocycles. The highest BCUT2D eigenvalue weighted by atomic mass is 16.6. The quantitative estimate of drug-likeness (QED) is 0.232. The van der Waals surface area contributed by atoms with Crippen LogP contribution in [-0.4, -0.2) is 38.9 Å². The van der Waals surface area contributed by atoms with E-state index in [4.69, 9.17) is 18.9 Å². The number of hydrogen-bond acceptors (Lipinski definition) is 7. The number of carbonyl (C=O) groups excluding carboxylic acids is 2. The Morgan fingerprint density at radius 2 is 1.70 bits per heavy atom. The third kappa shape index (κ3) is 6.83. The van der Waals surface area contributed by atoms with Gasteiger partial charge in [0.1, 0.15) is 11.5 Å². The first kappa shape index (κ1) is 23.3. The summed E-state index contributed by atoms with van der Waals surface area (Å²) >= 11 is 0. The predicted octanol–water partition coefficient (Wildman–Crippen LogP) is 3.76. The average Bonchev–Trinajstić information content (AvgIpc) is 2.84. The van der Waals surface area contributed by atoms with Gasteiger partial charge in [0.2, 0.25) is 0 Å². The van der Waals surface area contributed by atoms with Crippen molar-refractivity contribution in [1.82, 2.24) is 5.43 Å². The number of rotatable bonds is 9. The van der Waals surface area contributed by atoms with Crippen LogP contribution >= 0.6 is 0 Å². The number of benzene rings is 3. The van der Waals surface area contributed by atoms with E-state index in [1.807, 2.05) is 19.1 Å². The standard InChI is InChI=1S/C25H24N2O6/c1-17-7-10-20(11-8-17)32-16-24(28)27-26-15-18-9-12-22(23(13-18)31-3)33-25(29)19-5-4-6-21(14-19)30-2/h4-15H,16H2,1-3H3,(H,27,28)/b26-15-. The molecule has 170 valence electrons. The number of nitrogens with one attached hydrogen (secondary N) is 1. The molecule has 33 heavy (non-hydrogen) atoms. The predicted molar refractivity (Wildman–Crippen MR) is 123 cm³/mol. The molecule has 0 radical (unpaired) electrons. The van der Waals surface area contributed by atoms with Gasteiger partial charge in [0.25, 0.3) is 5.91 Å². The fourth-order valence-corrected chi connectivity index (χ4v) is 2.75. The lowest BCUT2D eigenvalue weighted by atomic mass is 10.2. The first-order valence-corrected chi connectivity index (χ1v) is 10.0. The molecule has 1 N–H and O–H groups in total. The largest absolute Gasteiger partial charge is 0.497 e. The van der Waals surface area contributed by atoms with Gasteiger partial charge in [0.05, 0.1) is 26.0 Å². The van der Waals surface area contributed by atoms with Crippen LogP contribution in [0.25, 0.3) is 0 Å². The van der Waals surface area contributed by atoms with Crippen molar-refractivity contribution in [3.8, 4) is 23.0 Å². The summed E-state index contributed by atoms with van der Waals surface area (Å²) in [5.74, 6) is 0.789. The molecule has 3 aromatic rings. The number of ether oxygens (including phenoxy) is 4. The van der Waals surface area contributed by atoms with Gasteiger partial charge in [0, 0.05) is 0 Å². The lowest BCUT2D eigenvalue weighted by Gasteiger charge is -2.10. The number of methoxy groups -OCH3 is 2. The van der Waals surface area contributed by atoms with Crippen LogP contribution in [0, 0.1) is 6.92 Å². The van der Waals surface area contributed by atoms with Crippen LogP contribution in [-0.2, 0) is 4.79 Å². The van der Waals surface area contributed by atoms with Crippen LogP contribution in [0.2, 0.25) is 0 Å². The smallest absolute Gasteiger partial charge is 0.343 e. The van der Waals surface area contributed by atoms with Crippen molar-refractivity contribution < 1.29 is 28.5 Å². The van der Waals surface area contributed by atoms with Gasteiger partial charge >= 0.3 is 5.97 Å². The molecule has 0 fully saturated rings. The number of carbonyl (C=O) groups is 2. The van der Waals surface area contributed by atoms with Crippen LogP contribution in [0.4, 0.5) is 0 Å². The molecule has 0 aliphatic carbocycles. The number of esters is 1. The summed E-state index contributed by atoms with van der Waals surface area (Å²) in [4.78, 5) is 24.4. The molecule has 3 rings (SSSR count). The molecule has 0 unspecified atom stereocenters. The van der Waals surface area contributed by atoms with Gasteiger partial charge in [-0.3, -0.25) is 4.79 Å². The summed E-state index contributed by atoms with van der Waals surface area (Å²) in [6, 6.07) is 18.9. The maximum absolute atomic E-state index is 12.4. The Morgan fingerprint density at radius 1 is 0.909 bits per heavy atom. The zero-order valence-electron chi connectivity index (χ0n) is 18.5. The number of nitrogens with zero attached hydrogens (tertiary/aromatic N) is 1. The molecule has 0 atom stereocenters. The van der Waals surface area contributed by atoms with E-state index in [0.717, 1.165) is 5.56 Å². The second kappa shape index (κ2) is 11.3. The van der Waals surface area contributed by atoms with E-state index in [2.05, 4.69) is 10.5 Å². The second-order valence-electron chi connectivity index (χ2n) is 6.93. The molecule has 3 aromatic carbocycles. The minimum absolute atomic E-state index is 0.164. The maximum Gasteiger partial charge on any atom is 0.343 e. The molecular weight excluding hydrogens is 424 g/mol. The van der Waals surface area contributed by atoms with Gasteiger partial charge in [0.15, 0.2) is 18.1 Å². The number of hydrazone groups is 1. The van der Waals surface area contributed by atoms with Gasteiger partial charge < -0.3 is 18.9 Å². The summed E-state index contributed by atoms with van der Waals surface area (Å²) in [6.07, 6.45) is 1.44. The van der Waals surface area contributed by atoms with Crippen molar-refractivity contribution in [3.63, 3.8) is 0 Å². The van der Waals surface area contributed by atoms with Gasteiger partial charge in [-0.15, -0.1) is 0 Å². The first-order valence-electron chi connectivity index (χ1n) is 10.0. The summed E-state index contributed by atoms with van der Waals surface area (Å²) in [5, 5.41) is 3.92. The Kier molecular flexibility index (Phi) is 8.02. The Bertz CT molecular complexity index is 1140. The SMILES string of the molecule is COc1cccc(C(=O)Oc2ccc(/C=N\NC(=O)COc3ccc(C)cc3)cc2OC)c1. The number of hydrogen-bond donors (Lipinski definition) is 1.